The summed E-state index contributed by atoms with van der Waals surface area (Å²) in [7, 11) is 1.59. The number of hydrogen-bond acceptors (Lipinski definition) is 6. The largest absolute Gasteiger partial charge is 0.490 e. The third-order valence-corrected chi connectivity index (χ3v) is 4.58. The third kappa shape index (κ3) is 8.10. The van der Waals surface area contributed by atoms with Gasteiger partial charge in [-0.05, 0) is 60.7 Å². The summed E-state index contributed by atoms with van der Waals surface area (Å²) in [4.78, 5) is 12.6. The van der Waals surface area contributed by atoms with Gasteiger partial charge in [-0.3, -0.25) is 10.1 Å². The molecule has 172 valence electrons. The Labute approximate surface area is 198 Å². The van der Waals surface area contributed by atoms with Crippen LogP contribution in [0.2, 0.25) is 0 Å². The molecule has 0 radical (unpaired) electrons. The Balaban J connectivity index is 1.44. The Bertz CT molecular complexity index is 1030. The van der Waals surface area contributed by atoms with E-state index in [1.165, 1.54) is 0 Å². The highest BCUT2D eigenvalue weighted by molar-refractivity contribution is 7.80. The lowest BCUT2D eigenvalue weighted by Crippen LogP contribution is -2.34. The van der Waals surface area contributed by atoms with Crippen molar-refractivity contribution in [2.24, 2.45) is 0 Å². The molecular weight excluding hydrogens is 440 g/mol. The fraction of sp³-hybridized carbons (Fsp3) is 0.200. The first-order chi connectivity index (χ1) is 16.2. The van der Waals surface area contributed by atoms with Gasteiger partial charge < -0.3 is 24.3 Å². The second kappa shape index (κ2) is 13.0. The summed E-state index contributed by atoms with van der Waals surface area (Å²) < 4.78 is 21.9. The number of ether oxygens (including phenoxy) is 4. The molecule has 33 heavy (non-hydrogen) atoms. The van der Waals surface area contributed by atoms with Crippen LogP contribution in [0.1, 0.15) is 10.4 Å². The van der Waals surface area contributed by atoms with Crippen LogP contribution in [0.4, 0.5) is 5.69 Å². The van der Waals surface area contributed by atoms with Gasteiger partial charge in [0.15, 0.2) is 5.11 Å². The monoisotopic (exact) mass is 466 g/mol. The molecule has 0 unspecified atom stereocenters. The van der Waals surface area contributed by atoms with Crippen molar-refractivity contribution in [3.05, 3.63) is 84.4 Å². The number of para-hydroxylation sites is 2. The van der Waals surface area contributed by atoms with E-state index in [4.69, 9.17) is 31.2 Å². The Kier molecular flexibility index (Phi) is 9.50. The highest BCUT2D eigenvalue weighted by Crippen LogP contribution is 2.19. The molecule has 0 spiro atoms. The number of amides is 1. The predicted molar refractivity (Wildman–Crippen MR) is 131 cm³/mol. The number of carbonyl (C=O) groups is 1. The Morgan fingerprint density at radius 3 is 2.06 bits per heavy atom. The average Bonchev–Trinajstić information content (AvgIpc) is 2.84. The van der Waals surface area contributed by atoms with Gasteiger partial charge >= 0.3 is 0 Å². The number of methoxy groups -OCH3 is 1. The molecule has 0 bridgehead atoms. The van der Waals surface area contributed by atoms with Crippen LogP contribution >= 0.6 is 12.2 Å². The lowest BCUT2D eigenvalue weighted by molar-refractivity contribution is 0.0970. The first-order valence-corrected chi connectivity index (χ1v) is 10.8. The molecule has 8 heteroatoms. The number of nitrogens with one attached hydrogen (secondary N) is 2. The summed E-state index contributed by atoms with van der Waals surface area (Å²) in [6, 6.07) is 23.8. The molecule has 0 aliphatic heterocycles. The van der Waals surface area contributed by atoms with Crippen molar-refractivity contribution in [3.8, 4) is 17.2 Å². The Morgan fingerprint density at radius 2 is 1.36 bits per heavy atom. The molecule has 3 aromatic rings. The predicted octanol–water partition coefficient (Wildman–Crippen LogP) is 4.30. The van der Waals surface area contributed by atoms with Crippen molar-refractivity contribution in [3.63, 3.8) is 0 Å². The minimum absolute atomic E-state index is 0.177. The summed E-state index contributed by atoms with van der Waals surface area (Å²) in [5, 5.41) is 5.84. The molecule has 7 nitrogen and oxygen atoms in total. The number of anilines is 1. The molecule has 3 rings (SSSR count). The fourth-order valence-corrected chi connectivity index (χ4v) is 3.03. The lowest BCUT2D eigenvalue weighted by Gasteiger charge is -2.13. The van der Waals surface area contributed by atoms with E-state index in [0.717, 1.165) is 11.4 Å². The van der Waals surface area contributed by atoms with Gasteiger partial charge in [0.1, 0.15) is 37.1 Å². The Hall–Kier alpha value is -3.62. The summed E-state index contributed by atoms with van der Waals surface area (Å²) in [5.74, 6) is 1.61. The van der Waals surface area contributed by atoms with Crippen LogP contribution in [0.15, 0.2) is 78.9 Å². The number of benzene rings is 3. The second-order valence-electron chi connectivity index (χ2n) is 6.78. The maximum Gasteiger partial charge on any atom is 0.261 e. The van der Waals surface area contributed by atoms with Crippen molar-refractivity contribution < 1.29 is 23.7 Å². The van der Waals surface area contributed by atoms with Crippen LogP contribution in [0.5, 0.6) is 17.2 Å². The minimum atomic E-state index is -0.362. The number of hydrogen-bond donors (Lipinski definition) is 2. The first-order valence-electron chi connectivity index (χ1n) is 10.4. The first kappa shape index (κ1) is 24.0. The van der Waals surface area contributed by atoms with Gasteiger partial charge in [-0.2, -0.15) is 0 Å². The zero-order valence-corrected chi connectivity index (χ0v) is 19.1. The van der Waals surface area contributed by atoms with Crippen LogP contribution in [0, 0.1) is 0 Å². The molecule has 0 aliphatic rings. The van der Waals surface area contributed by atoms with Gasteiger partial charge in [0.2, 0.25) is 0 Å². The standard InChI is InChI=1S/C25H26N2O5S/c1-29-15-16-32-23-10-6-5-9-22(23)24(28)27-25(33)26-19-11-13-21(14-12-19)31-18-17-30-20-7-3-2-4-8-20/h2-14H,15-18H2,1H3,(H2,26,27,28,33). The summed E-state index contributed by atoms with van der Waals surface area (Å²) in [6.45, 7) is 1.63. The third-order valence-electron chi connectivity index (χ3n) is 4.38. The van der Waals surface area contributed by atoms with E-state index in [1.807, 2.05) is 54.6 Å². The summed E-state index contributed by atoms with van der Waals surface area (Å²) in [5.41, 5.74) is 1.11. The van der Waals surface area contributed by atoms with Crippen LogP contribution < -0.4 is 24.8 Å². The maximum absolute atomic E-state index is 12.6. The van der Waals surface area contributed by atoms with E-state index < -0.39 is 0 Å². The molecular formula is C25H26N2O5S. The van der Waals surface area contributed by atoms with Crippen molar-refractivity contribution in [1.82, 2.24) is 5.32 Å². The molecule has 0 heterocycles. The van der Waals surface area contributed by atoms with E-state index in [1.54, 1.807) is 31.4 Å². The molecule has 0 atom stereocenters. The van der Waals surface area contributed by atoms with E-state index in [2.05, 4.69) is 10.6 Å². The van der Waals surface area contributed by atoms with Crippen LogP contribution in [0.25, 0.3) is 0 Å². The molecule has 0 aliphatic carbocycles. The second-order valence-corrected chi connectivity index (χ2v) is 7.19. The van der Waals surface area contributed by atoms with Crippen molar-refractivity contribution in [2.75, 3.05) is 38.9 Å². The number of carbonyl (C=O) groups excluding carboxylic acids is 1. The molecule has 0 saturated heterocycles. The smallest absolute Gasteiger partial charge is 0.261 e. The number of rotatable bonds is 11. The van der Waals surface area contributed by atoms with Crippen molar-refractivity contribution in [1.29, 1.82) is 0 Å². The van der Waals surface area contributed by atoms with Gasteiger partial charge in [0.05, 0.1) is 12.2 Å². The highest BCUT2D eigenvalue weighted by atomic mass is 32.1. The van der Waals surface area contributed by atoms with E-state index >= 15 is 0 Å². The van der Waals surface area contributed by atoms with Gasteiger partial charge in [-0.1, -0.05) is 30.3 Å². The topological polar surface area (TPSA) is 78.1 Å². The fourth-order valence-electron chi connectivity index (χ4n) is 2.82. The maximum atomic E-state index is 12.6. The Morgan fingerprint density at radius 1 is 0.758 bits per heavy atom. The van der Waals surface area contributed by atoms with Gasteiger partial charge in [0.25, 0.3) is 5.91 Å². The van der Waals surface area contributed by atoms with Crippen LogP contribution in [0.3, 0.4) is 0 Å². The van der Waals surface area contributed by atoms with Gasteiger partial charge in [-0.25, -0.2) is 0 Å². The van der Waals surface area contributed by atoms with Crippen molar-refractivity contribution in [2.45, 2.75) is 0 Å². The normalized spacial score (nSPS) is 10.2. The SMILES string of the molecule is COCCOc1ccccc1C(=O)NC(=S)Nc1ccc(OCCOc2ccccc2)cc1. The van der Waals surface area contributed by atoms with E-state index in [-0.39, 0.29) is 11.0 Å². The van der Waals surface area contributed by atoms with Crippen LogP contribution in [-0.2, 0) is 4.74 Å². The van der Waals surface area contributed by atoms with Crippen molar-refractivity contribution >= 4 is 28.9 Å². The number of thiocarbonyl (C=S) groups is 1. The van der Waals surface area contributed by atoms with Gasteiger partial charge in [0, 0.05) is 12.8 Å². The minimum Gasteiger partial charge on any atom is -0.490 e. The molecule has 0 fully saturated rings. The summed E-state index contributed by atoms with van der Waals surface area (Å²) >= 11 is 5.28. The zero-order valence-electron chi connectivity index (χ0n) is 18.3. The lowest BCUT2D eigenvalue weighted by atomic mass is 10.2. The quantitative estimate of drug-likeness (QED) is 0.322. The molecule has 3 aromatic carbocycles. The molecule has 0 aromatic heterocycles. The average molecular weight is 467 g/mol. The van der Waals surface area contributed by atoms with E-state index in [0.29, 0.717) is 43.5 Å². The highest BCUT2D eigenvalue weighted by Gasteiger charge is 2.13. The zero-order chi connectivity index (χ0) is 23.3. The molecule has 1 amide bonds. The van der Waals surface area contributed by atoms with Crippen LogP contribution in [-0.4, -0.2) is 44.6 Å². The van der Waals surface area contributed by atoms with E-state index in [9.17, 15) is 4.79 Å². The van der Waals surface area contributed by atoms with Gasteiger partial charge in [-0.15, -0.1) is 0 Å². The molecule has 0 saturated carbocycles. The molecule has 2 N–H and O–H groups in total. The summed E-state index contributed by atoms with van der Waals surface area (Å²) in [6.07, 6.45) is 0.